The van der Waals surface area contributed by atoms with Crippen molar-refractivity contribution in [2.75, 3.05) is 17.7 Å². The Morgan fingerprint density at radius 2 is 1.89 bits per heavy atom. The van der Waals surface area contributed by atoms with Gasteiger partial charge in [-0.3, -0.25) is 4.79 Å². The smallest absolute Gasteiger partial charge is 0.255 e. The average molecular weight is 262 g/mol. The van der Waals surface area contributed by atoms with Crippen molar-refractivity contribution in [3.05, 3.63) is 59.7 Å². The van der Waals surface area contributed by atoms with Crippen molar-refractivity contribution in [1.82, 2.24) is 0 Å². The van der Waals surface area contributed by atoms with Gasteiger partial charge in [-0.1, -0.05) is 6.07 Å². The zero-order valence-electron chi connectivity index (χ0n) is 10.2. The fourth-order valence-corrected chi connectivity index (χ4v) is 1.60. The summed E-state index contributed by atoms with van der Waals surface area (Å²) in [5.74, 6) is -1.63. The van der Waals surface area contributed by atoms with Gasteiger partial charge in [-0.15, -0.1) is 0 Å². The van der Waals surface area contributed by atoms with Gasteiger partial charge >= 0.3 is 0 Å². The van der Waals surface area contributed by atoms with E-state index in [0.717, 1.165) is 6.07 Å². The molecule has 0 saturated carbocycles. The van der Waals surface area contributed by atoms with Crippen molar-refractivity contribution in [3.8, 4) is 0 Å². The van der Waals surface area contributed by atoms with Crippen molar-refractivity contribution in [2.24, 2.45) is 0 Å². The van der Waals surface area contributed by atoms with Gasteiger partial charge in [-0.05, 0) is 36.4 Å². The monoisotopic (exact) mass is 262 g/mol. The largest absolute Gasteiger partial charge is 0.388 e. The molecule has 0 saturated heterocycles. The summed E-state index contributed by atoms with van der Waals surface area (Å²) in [6.07, 6.45) is 0. The zero-order valence-corrected chi connectivity index (χ0v) is 10.2. The van der Waals surface area contributed by atoms with Gasteiger partial charge in [0.1, 0.15) is 11.6 Å². The summed E-state index contributed by atoms with van der Waals surface area (Å²) >= 11 is 0. The van der Waals surface area contributed by atoms with Gasteiger partial charge in [0, 0.05) is 18.3 Å². The van der Waals surface area contributed by atoms with Crippen molar-refractivity contribution >= 4 is 17.3 Å². The van der Waals surface area contributed by atoms with E-state index in [9.17, 15) is 13.6 Å². The van der Waals surface area contributed by atoms with Crippen LogP contribution in [0.1, 0.15) is 10.4 Å². The Labute approximate surface area is 109 Å². The minimum atomic E-state index is -0.563. The highest BCUT2D eigenvalue weighted by molar-refractivity contribution is 6.04. The number of carbonyl (C=O) groups excluding carboxylic acids is 1. The molecule has 0 aliphatic heterocycles. The molecular weight excluding hydrogens is 250 g/mol. The van der Waals surface area contributed by atoms with Crippen molar-refractivity contribution in [3.63, 3.8) is 0 Å². The van der Waals surface area contributed by atoms with E-state index in [2.05, 4.69) is 10.6 Å². The van der Waals surface area contributed by atoms with Crippen LogP contribution in [0.3, 0.4) is 0 Å². The highest BCUT2D eigenvalue weighted by atomic mass is 19.1. The topological polar surface area (TPSA) is 41.1 Å². The van der Waals surface area contributed by atoms with Gasteiger partial charge in [-0.2, -0.15) is 0 Å². The molecule has 5 heteroatoms. The first kappa shape index (κ1) is 13.0. The Kier molecular flexibility index (Phi) is 3.75. The molecule has 2 N–H and O–H groups in total. The lowest BCUT2D eigenvalue weighted by atomic mass is 10.2. The summed E-state index contributed by atoms with van der Waals surface area (Å²) in [6.45, 7) is 0. The molecule has 0 heterocycles. The number of hydrogen-bond acceptors (Lipinski definition) is 2. The van der Waals surface area contributed by atoms with E-state index in [1.165, 1.54) is 30.3 Å². The number of anilines is 2. The van der Waals surface area contributed by atoms with E-state index < -0.39 is 17.5 Å². The number of halogens is 2. The molecule has 2 aromatic rings. The van der Waals surface area contributed by atoms with Crippen LogP contribution < -0.4 is 10.6 Å². The molecule has 0 aromatic heterocycles. The SMILES string of the molecule is CNc1ccc(F)c(NC(=O)c2cccc(F)c2)c1. The lowest BCUT2D eigenvalue weighted by Gasteiger charge is -2.08. The first-order valence-electron chi connectivity index (χ1n) is 5.64. The first-order valence-corrected chi connectivity index (χ1v) is 5.64. The molecular formula is C14H12F2N2O. The van der Waals surface area contributed by atoms with Gasteiger partial charge in [0.05, 0.1) is 5.69 Å². The van der Waals surface area contributed by atoms with Gasteiger partial charge in [0.25, 0.3) is 5.91 Å². The first-order chi connectivity index (χ1) is 9.10. The van der Waals surface area contributed by atoms with Gasteiger partial charge in [0.2, 0.25) is 0 Å². The van der Waals surface area contributed by atoms with E-state index in [1.807, 2.05) is 0 Å². The number of nitrogens with one attached hydrogen (secondary N) is 2. The number of carbonyl (C=O) groups is 1. The predicted octanol–water partition coefficient (Wildman–Crippen LogP) is 3.26. The number of benzene rings is 2. The summed E-state index contributed by atoms with van der Waals surface area (Å²) < 4.78 is 26.5. The average Bonchev–Trinajstić information content (AvgIpc) is 2.41. The molecule has 98 valence electrons. The third-order valence-electron chi connectivity index (χ3n) is 2.59. The third kappa shape index (κ3) is 3.07. The Balaban J connectivity index is 2.23. The predicted molar refractivity (Wildman–Crippen MR) is 70.3 cm³/mol. The van der Waals surface area contributed by atoms with Crippen molar-refractivity contribution < 1.29 is 13.6 Å². The second-order valence-electron chi connectivity index (χ2n) is 3.91. The van der Waals surface area contributed by atoms with Gasteiger partial charge < -0.3 is 10.6 Å². The maximum Gasteiger partial charge on any atom is 0.255 e. The normalized spacial score (nSPS) is 10.1. The quantitative estimate of drug-likeness (QED) is 0.891. The summed E-state index contributed by atoms with van der Waals surface area (Å²) in [5, 5.41) is 5.25. The minimum absolute atomic E-state index is 0.0427. The van der Waals surface area contributed by atoms with E-state index in [4.69, 9.17) is 0 Å². The van der Waals surface area contributed by atoms with E-state index in [1.54, 1.807) is 13.1 Å². The van der Waals surface area contributed by atoms with Crippen LogP contribution in [-0.2, 0) is 0 Å². The number of amides is 1. The molecule has 0 spiro atoms. The van der Waals surface area contributed by atoms with Crippen LogP contribution in [0.2, 0.25) is 0 Å². The molecule has 0 aliphatic rings. The van der Waals surface area contributed by atoms with Crippen LogP contribution in [0.25, 0.3) is 0 Å². The Morgan fingerprint density at radius 1 is 1.11 bits per heavy atom. The lowest BCUT2D eigenvalue weighted by Crippen LogP contribution is -2.13. The third-order valence-corrected chi connectivity index (χ3v) is 2.59. The Hall–Kier alpha value is -2.43. The fourth-order valence-electron chi connectivity index (χ4n) is 1.60. The van der Waals surface area contributed by atoms with Crippen LogP contribution in [0, 0.1) is 11.6 Å². The second-order valence-corrected chi connectivity index (χ2v) is 3.91. The molecule has 2 aromatic carbocycles. The standard InChI is InChI=1S/C14H12F2N2O/c1-17-11-5-6-12(16)13(8-11)18-14(19)9-3-2-4-10(15)7-9/h2-8,17H,1H3,(H,18,19). The molecule has 0 fully saturated rings. The van der Waals surface area contributed by atoms with Crippen LogP contribution in [0.4, 0.5) is 20.2 Å². The fraction of sp³-hybridized carbons (Fsp3) is 0.0714. The van der Waals surface area contributed by atoms with E-state index in [0.29, 0.717) is 5.69 Å². The number of hydrogen-bond donors (Lipinski definition) is 2. The van der Waals surface area contributed by atoms with Crippen molar-refractivity contribution in [1.29, 1.82) is 0 Å². The highest BCUT2D eigenvalue weighted by Crippen LogP contribution is 2.20. The molecule has 0 bridgehead atoms. The molecule has 0 aliphatic carbocycles. The lowest BCUT2D eigenvalue weighted by molar-refractivity contribution is 0.102. The minimum Gasteiger partial charge on any atom is -0.388 e. The second kappa shape index (κ2) is 5.48. The summed E-state index contributed by atoms with van der Waals surface area (Å²) in [5.41, 5.74) is 0.839. The van der Waals surface area contributed by atoms with E-state index >= 15 is 0 Å². The molecule has 0 radical (unpaired) electrons. The molecule has 0 unspecified atom stereocenters. The Morgan fingerprint density at radius 3 is 2.58 bits per heavy atom. The zero-order chi connectivity index (χ0) is 13.8. The summed E-state index contributed by atoms with van der Waals surface area (Å²) in [6, 6.07) is 9.46. The molecule has 1 amide bonds. The van der Waals surface area contributed by atoms with Crippen LogP contribution in [-0.4, -0.2) is 13.0 Å². The number of rotatable bonds is 3. The van der Waals surface area contributed by atoms with Gasteiger partial charge in [-0.25, -0.2) is 8.78 Å². The maximum atomic E-state index is 13.5. The summed E-state index contributed by atoms with van der Waals surface area (Å²) in [7, 11) is 1.69. The van der Waals surface area contributed by atoms with E-state index in [-0.39, 0.29) is 11.3 Å². The van der Waals surface area contributed by atoms with Crippen molar-refractivity contribution in [2.45, 2.75) is 0 Å². The van der Waals surface area contributed by atoms with Gasteiger partial charge in [0.15, 0.2) is 0 Å². The highest BCUT2D eigenvalue weighted by Gasteiger charge is 2.10. The Bertz CT molecular complexity index is 614. The molecule has 2 rings (SSSR count). The molecule has 19 heavy (non-hydrogen) atoms. The van der Waals surface area contributed by atoms with Crippen LogP contribution >= 0.6 is 0 Å². The maximum absolute atomic E-state index is 13.5. The van der Waals surface area contributed by atoms with Crippen LogP contribution in [0.5, 0.6) is 0 Å². The molecule has 3 nitrogen and oxygen atoms in total. The van der Waals surface area contributed by atoms with Crippen LogP contribution in [0.15, 0.2) is 42.5 Å². The molecule has 0 atom stereocenters. The summed E-state index contributed by atoms with van der Waals surface area (Å²) in [4.78, 5) is 11.9.